The molecule has 0 heterocycles. The van der Waals surface area contributed by atoms with Gasteiger partial charge in [0.05, 0.1) is 39.9 Å². The Labute approximate surface area is 412 Å². The predicted molar refractivity (Wildman–Crippen MR) is 286 cm³/mol. The first-order chi connectivity index (χ1) is 32.0. The molecule has 0 aromatic heterocycles. The van der Waals surface area contributed by atoms with E-state index < -0.39 is 20.0 Å². The van der Waals surface area contributed by atoms with E-state index in [1.807, 2.05) is 21.1 Å². The second-order valence-corrected chi connectivity index (χ2v) is 23.2. The first-order valence-corrected chi connectivity index (χ1v) is 30.9. The van der Waals surface area contributed by atoms with Gasteiger partial charge >= 0.3 is 7.82 Å². The number of nitrogens with one attached hydrogen (secondary N) is 1. The van der Waals surface area contributed by atoms with E-state index in [0.29, 0.717) is 23.9 Å². The Bertz CT molecular complexity index is 1040. The highest BCUT2D eigenvalue weighted by Gasteiger charge is 2.28. The molecule has 0 saturated carbocycles. The number of aliphatic hydroxyl groups excluding tert-OH is 1. The maximum absolute atomic E-state index is 12.9. The number of unbranched alkanes of at least 4 members (excludes halogenated alkanes) is 42. The normalized spacial score (nSPS) is 13.9. The van der Waals surface area contributed by atoms with Crippen molar-refractivity contribution in [3.63, 3.8) is 0 Å². The van der Waals surface area contributed by atoms with Gasteiger partial charge in [0.25, 0.3) is 0 Å². The number of amides is 1. The highest BCUT2D eigenvalue weighted by Crippen LogP contribution is 2.43. The summed E-state index contributed by atoms with van der Waals surface area (Å²) in [4.78, 5) is 23.2. The number of nitrogens with zero attached hydrogens (tertiary/aromatic N) is 1. The summed E-state index contributed by atoms with van der Waals surface area (Å²) in [5.74, 6) is -0.139. The minimum absolute atomic E-state index is 0.0786. The highest BCUT2D eigenvalue weighted by molar-refractivity contribution is 7.47. The minimum Gasteiger partial charge on any atom is -0.391 e. The molecule has 3 unspecified atom stereocenters. The van der Waals surface area contributed by atoms with Crippen LogP contribution in [0.1, 0.15) is 309 Å². The summed E-state index contributed by atoms with van der Waals surface area (Å²) in [6.45, 7) is 4.91. The van der Waals surface area contributed by atoms with Gasteiger partial charge in [0.2, 0.25) is 5.91 Å². The van der Waals surface area contributed by atoms with Gasteiger partial charge in [-0.1, -0.05) is 290 Å². The molecule has 396 valence electrons. The second kappa shape index (κ2) is 49.5. The number of hydrogen-bond acceptors (Lipinski definition) is 5. The van der Waals surface area contributed by atoms with Gasteiger partial charge in [0, 0.05) is 6.42 Å². The van der Waals surface area contributed by atoms with E-state index in [1.54, 1.807) is 0 Å². The molecule has 0 radical (unpaired) electrons. The Morgan fingerprint density at radius 2 is 0.727 bits per heavy atom. The predicted octanol–water partition coefficient (Wildman–Crippen LogP) is 17.7. The number of hydrogen-bond donors (Lipinski definition) is 3. The molecule has 0 aliphatic rings. The van der Waals surface area contributed by atoms with Gasteiger partial charge in [0.1, 0.15) is 13.2 Å². The lowest BCUT2D eigenvalue weighted by atomic mass is 10.0. The topological polar surface area (TPSA) is 105 Å². The first-order valence-electron chi connectivity index (χ1n) is 29.4. The van der Waals surface area contributed by atoms with Gasteiger partial charge in [0.15, 0.2) is 0 Å². The van der Waals surface area contributed by atoms with Crippen molar-refractivity contribution in [2.75, 3.05) is 40.9 Å². The van der Waals surface area contributed by atoms with Crippen molar-refractivity contribution in [2.45, 2.75) is 321 Å². The molecule has 0 rings (SSSR count). The van der Waals surface area contributed by atoms with E-state index in [2.05, 4.69) is 19.2 Å². The van der Waals surface area contributed by atoms with Gasteiger partial charge in [-0.25, -0.2) is 4.57 Å². The van der Waals surface area contributed by atoms with Crippen LogP contribution in [-0.2, 0) is 18.4 Å². The quantitative estimate of drug-likeness (QED) is 0.0319. The number of carbonyl (C=O) groups is 1. The average Bonchev–Trinajstić information content (AvgIpc) is 3.28. The van der Waals surface area contributed by atoms with Crippen molar-refractivity contribution < 1.29 is 32.9 Å². The van der Waals surface area contributed by atoms with Gasteiger partial charge in [-0.3, -0.25) is 13.8 Å². The molecule has 1 amide bonds. The zero-order valence-corrected chi connectivity index (χ0v) is 46.1. The number of phosphoric ester groups is 1. The molecule has 0 spiro atoms. The number of aliphatic hydroxyl groups is 1. The van der Waals surface area contributed by atoms with Crippen LogP contribution in [0.4, 0.5) is 0 Å². The molecule has 0 aromatic carbocycles. The summed E-state index contributed by atoms with van der Waals surface area (Å²) in [7, 11) is 1.63. The largest absolute Gasteiger partial charge is 0.472 e. The lowest BCUT2D eigenvalue weighted by Crippen LogP contribution is -2.46. The zero-order valence-electron chi connectivity index (χ0n) is 45.2. The average molecular weight is 959 g/mol. The molecule has 3 atom stereocenters. The molecule has 3 N–H and O–H groups in total. The lowest BCUT2D eigenvalue weighted by Gasteiger charge is -2.26. The molecule has 0 aliphatic carbocycles. The third-order valence-corrected chi connectivity index (χ3v) is 14.8. The third-order valence-electron chi connectivity index (χ3n) is 13.9. The number of quaternary nitrogens is 1. The maximum atomic E-state index is 12.9. The maximum Gasteiger partial charge on any atom is 0.472 e. The van der Waals surface area contributed by atoms with Crippen molar-refractivity contribution in [2.24, 2.45) is 0 Å². The van der Waals surface area contributed by atoms with E-state index in [0.717, 1.165) is 38.5 Å². The summed E-state index contributed by atoms with van der Waals surface area (Å²) in [6.07, 6.45) is 59.1. The van der Waals surface area contributed by atoms with Gasteiger partial charge < -0.3 is 19.8 Å². The molecule has 9 heteroatoms. The standard InChI is InChI=1S/C57H117N2O6P/c1-6-8-10-12-14-16-18-19-20-21-22-23-24-25-26-27-28-29-30-31-32-33-34-35-36-37-38-39-40-41-43-45-47-49-51-57(61)58-55(54-65-66(62,63)64-53-52-59(3,4)5)56(60)50-48-46-44-42-17-15-13-11-9-7-2/h55-56,60H,6-54H2,1-5H3,(H-,58,61,62,63)/p+1. The smallest absolute Gasteiger partial charge is 0.391 e. The van der Waals surface area contributed by atoms with Crippen LogP contribution in [0.5, 0.6) is 0 Å². The summed E-state index contributed by atoms with van der Waals surface area (Å²) < 4.78 is 23.7. The summed E-state index contributed by atoms with van der Waals surface area (Å²) in [5, 5.41) is 14.0. The first kappa shape index (κ1) is 65.5. The van der Waals surface area contributed by atoms with E-state index in [9.17, 15) is 19.4 Å². The van der Waals surface area contributed by atoms with Crippen LogP contribution in [-0.4, -0.2) is 73.4 Å². The van der Waals surface area contributed by atoms with E-state index in [4.69, 9.17) is 9.05 Å². The summed E-state index contributed by atoms with van der Waals surface area (Å²) >= 11 is 0. The van der Waals surface area contributed by atoms with Gasteiger partial charge in [-0.15, -0.1) is 0 Å². The minimum atomic E-state index is -4.31. The summed E-state index contributed by atoms with van der Waals surface area (Å²) in [6, 6.07) is -0.753. The Morgan fingerprint density at radius 3 is 1.02 bits per heavy atom. The number of phosphoric acid groups is 1. The number of carbonyl (C=O) groups excluding carboxylic acids is 1. The second-order valence-electron chi connectivity index (χ2n) is 21.7. The van der Waals surface area contributed by atoms with E-state index in [-0.39, 0.29) is 19.1 Å². The molecule has 0 bridgehead atoms. The van der Waals surface area contributed by atoms with Crippen LogP contribution in [0.15, 0.2) is 0 Å². The Kier molecular flexibility index (Phi) is 49.1. The van der Waals surface area contributed by atoms with Crippen LogP contribution in [0.2, 0.25) is 0 Å². The number of rotatable bonds is 55. The van der Waals surface area contributed by atoms with Gasteiger partial charge in [-0.05, 0) is 12.8 Å². The van der Waals surface area contributed by atoms with E-state index >= 15 is 0 Å². The SMILES string of the molecule is CCCCCCCCCCCCCCCCCCCCCCCCCCCCCCCCCCCCC(=O)NC(COP(=O)(O)OCC[N+](C)(C)C)C(O)CCCCCCCCCCCC. The third kappa shape index (κ3) is 51.4. The van der Waals surface area contributed by atoms with Crippen LogP contribution in [0.25, 0.3) is 0 Å². The lowest BCUT2D eigenvalue weighted by molar-refractivity contribution is -0.870. The van der Waals surface area contributed by atoms with Crippen molar-refractivity contribution >= 4 is 13.7 Å². The van der Waals surface area contributed by atoms with Crippen molar-refractivity contribution in [3.8, 4) is 0 Å². The van der Waals surface area contributed by atoms with Gasteiger partial charge in [-0.2, -0.15) is 0 Å². The highest BCUT2D eigenvalue weighted by atomic mass is 31.2. The molecule has 0 aromatic rings. The fourth-order valence-corrected chi connectivity index (χ4v) is 9.96. The Hall–Kier alpha value is -0.500. The summed E-state index contributed by atoms with van der Waals surface area (Å²) in [5.41, 5.74) is 0. The molecule has 8 nitrogen and oxygen atoms in total. The molecule has 0 fully saturated rings. The van der Waals surface area contributed by atoms with Crippen molar-refractivity contribution in [3.05, 3.63) is 0 Å². The molecule has 66 heavy (non-hydrogen) atoms. The van der Waals surface area contributed by atoms with Crippen LogP contribution in [0, 0.1) is 0 Å². The van der Waals surface area contributed by atoms with Crippen LogP contribution < -0.4 is 5.32 Å². The van der Waals surface area contributed by atoms with Crippen molar-refractivity contribution in [1.82, 2.24) is 5.32 Å². The zero-order chi connectivity index (χ0) is 48.5. The fraction of sp³-hybridized carbons (Fsp3) is 0.982. The Balaban J connectivity index is 3.83. The fourth-order valence-electron chi connectivity index (χ4n) is 9.23. The molecular weight excluding hydrogens is 840 g/mol. The Morgan fingerprint density at radius 1 is 0.455 bits per heavy atom. The monoisotopic (exact) mass is 958 g/mol. The van der Waals surface area contributed by atoms with E-state index in [1.165, 1.54) is 244 Å². The molecule has 0 aliphatic heterocycles. The molecular formula is C57H118N2O6P+. The van der Waals surface area contributed by atoms with Crippen LogP contribution in [0.3, 0.4) is 0 Å². The van der Waals surface area contributed by atoms with Crippen LogP contribution >= 0.6 is 7.82 Å². The number of likely N-dealkylation sites (N-methyl/N-ethyl adjacent to an activating group) is 1. The molecule has 0 saturated heterocycles. The van der Waals surface area contributed by atoms with Crippen molar-refractivity contribution in [1.29, 1.82) is 0 Å².